The van der Waals surface area contributed by atoms with E-state index in [2.05, 4.69) is 52.5 Å². The van der Waals surface area contributed by atoms with Crippen LogP contribution in [0.1, 0.15) is 19.3 Å². The summed E-state index contributed by atoms with van der Waals surface area (Å²) in [6, 6.07) is 11.4. The second kappa shape index (κ2) is 6.59. The molecule has 3 rings (SSSR count). The predicted molar refractivity (Wildman–Crippen MR) is 85.3 cm³/mol. The van der Waals surface area contributed by atoms with Crippen molar-refractivity contribution in [3.05, 3.63) is 30.3 Å². The van der Waals surface area contributed by atoms with Crippen molar-refractivity contribution in [1.29, 1.82) is 0 Å². The van der Waals surface area contributed by atoms with Gasteiger partial charge in [-0.15, -0.1) is 0 Å². The van der Waals surface area contributed by atoms with Gasteiger partial charge in [0.25, 0.3) is 0 Å². The summed E-state index contributed by atoms with van der Waals surface area (Å²) in [5.74, 6) is 0.913. The number of benzene rings is 1. The second-order valence-corrected chi connectivity index (χ2v) is 6.31. The number of nitrogens with one attached hydrogen (secondary N) is 1. The van der Waals surface area contributed by atoms with Crippen molar-refractivity contribution in [1.82, 2.24) is 10.2 Å². The van der Waals surface area contributed by atoms with E-state index < -0.39 is 0 Å². The van der Waals surface area contributed by atoms with E-state index in [0.29, 0.717) is 0 Å². The maximum atomic E-state index is 3.80. The first kappa shape index (κ1) is 13.9. The first-order valence-corrected chi connectivity index (χ1v) is 8.05. The molecule has 110 valence electrons. The summed E-state index contributed by atoms with van der Waals surface area (Å²) in [6.07, 6.45) is 3.97. The van der Waals surface area contributed by atoms with Crippen molar-refractivity contribution in [2.24, 2.45) is 5.92 Å². The van der Waals surface area contributed by atoms with Gasteiger partial charge in [-0.1, -0.05) is 18.2 Å². The predicted octanol–water partition coefficient (Wildman–Crippen LogP) is 2.20. The molecule has 2 saturated heterocycles. The summed E-state index contributed by atoms with van der Waals surface area (Å²) in [5, 5.41) is 3.80. The summed E-state index contributed by atoms with van der Waals surface area (Å²) >= 11 is 0. The molecular formula is C17H27N3. The third-order valence-electron chi connectivity index (χ3n) is 4.91. The van der Waals surface area contributed by atoms with Gasteiger partial charge in [0.05, 0.1) is 0 Å². The Morgan fingerprint density at radius 2 is 2.00 bits per heavy atom. The van der Waals surface area contributed by atoms with Crippen LogP contribution in [0.3, 0.4) is 0 Å². The molecule has 20 heavy (non-hydrogen) atoms. The third-order valence-corrected chi connectivity index (χ3v) is 4.91. The van der Waals surface area contributed by atoms with Crippen molar-refractivity contribution >= 4 is 5.69 Å². The monoisotopic (exact) mass is 273 g/mol. The Bertz CT molecular complexity index is 406. The minimum Gasteiger partial charge on any atom is -0.375 e. The van der Waals surface area contributed by atoms with Crippen LogP contribution in [0, 0.1) is 5.92 Å². The number of anilines is 1. The van der Waals surface area contributed by atoms with Crippen LogP contribution in [-0.4, -0.2) is 50.7 Å². The molecule has 0 radical (unpaired) electrons. The van der Waals surface area contributed by atoms with Gasteiger partial charge in [-0.3, -0.25) is 0 Å². The lowest BCUT2D eigenvalue weighted by atomic mass is 9.94. The van der Waals surface area contributed by atoms with E-state index in [-0.39, 0.29) is 0 Å². The molecule has 0 spiro atoms. The molecule has 0 saturated carbocycles. The number of para-hydroxylation sites is 1. The topological polar surface area (TPSA) is 18.5 Å². The molecule has 3 nitrogen and oxygen atoms in total. The highest BCUT2D eigenvalue weighted by atomic mass is 15.2. The van der Waals surface area contributed by atoms with Gasteiger partial charge in [-0.05, 0) is 56.9 Å². The van der Waals surface area contributed by atoms with Crippen molar-refractivity contribution in [3.8, 4) is 0 Å². The molecule has 2 aliphatic heterocycles. The maximum Gasteiger partial charge on any atom is 0.0363 e. The molecule has 2 aliphatic rings. The van der Waals surface area contributed by atoms with Crippen LogP contribution in [0.2, 0.25) is 0 Å². The summed E-state index contributed by atoms with van der Waals surface area (Å²) in [4.78, 5) is 4.96. The Morgan fingerprint density at radius 3 is 2.85 bits per heavy atom. The van der Waals surface area contributed by atoms with Gasteiger partial charge in [0.15, 0.2) is 0 Å². The fraction of sp³-hybridized carbons (Fsp3) is 0.647. The number of rotatable bonds is 6. The van der Waals surface area contributed by atoms with Gasteiger partial charge in [0.2, 0.25) is 0 Å². The highest BCUT2D eigenvalue weighted by Gasteiger charge is 2.33. The minimum absolute atomic E-state index is 0.774. The van der Waals surface area contributed by atoms with Crippen molar-refractivity contribution < 1.29 is 0 Å². The molecule has 2 bridgehead atoms. The van der Waals surface area contributed by atoms with Crippen LogP contribution < -0.4 is 10.2 Å². The molecule has 1 N–H and O–H groups in total. The molecule has 0 aliphatic carbocycles. The van der Waals surface area contributed by atoms with E-state index in [1.54, 1.807) is 0 Å². The molecule has 3 heteroatoms. The molecule has 1 aromatic carbocycles. The highest BCUT2D eigenvalue weighted by Crippen LogP contribution is 2.26. The Morgan fingerprint density at radius 1 is 1.20 bits per heavy atom. The largest absolute Gasteiger partial charge is 0.375 e. The molecule has 0 amide bonds. The molecule has 3 atom stereocenters. The molecular weight excluding hydrogens is 246 g/mol. The van der Waals surface area contributed by atoms with Gasteiger partial charge in [0.1, 0.15) is 0 Å². The average molecular weight is 273 g/mol. The van der Waals surface area contributed by atoms with Gasteiger partial charge in [0, 0.05) is 31.9 Å². The van der Waals surface area contributed by atoms with E-state index in [9.17, 15) is 0 Å². The Kier molecular flexibility index (Phi) is 4.58. The zero-order valence-corrected chi connectivity index (χ0v) is 12.6. The standard InChI is InChI=1S/C17H27N3/c1-19(16-6-3-2-4-7-16)11-5-10-18-17-9-13-20-12-8-15(17)14-20/h2-4,6-7,15,17-18H,5,8-14H2,1H3. The average Bonchev–Trinajstić information content (AvgIpc) is 2.88. The molecule has 0 aromatic heterocycles. The highest BCUT2D eigenvalue weighted by molar-refractivity contribution is 5.44. The van der Waals surface area contributed by atoms with Crippen molar-refractivity contribution in [2.75, 3.05) is 44.7 Å². The van der Waals surface area contributed by atoms with E-state index >= 15 is 0 Å². The van der Waals surface area contributed by atoms with E-state index in [1.807, 2.05) is 0 Å². The lowest BCUT2D eigenvalue weighted by Crippen LogP contribution is -2.44. The molecule has 2 fully saturated rings. The number of hydrogen-bond acceptors (Lipinski definition) is 3. The van der Waals surface area contributed by atoms with Crippen molar-refractivity contribution in [3.63, 3.8) is 0 Å². The quantitative estimate of drug-likeness (QED) is 0.802. The number of piperidine rings is 1. The normalized spacial score (nSPS) is 28.6. The fourth-order valence-corrected chi connectivity index (χ4v) is 3.64. The molecule has 3 unspecified atom stereocenters. The summed E-state index contributed by atoms with van der Waals surface area (Å²) in [7, 11) is 2.19. The van der Waals surface area contributed by atoms with E-state index in [1.165, 1.54) is 44.6 Å². The van der Waals surface area contributed by atoms with Gasteiger partial charge in [-0.2, -0.15) is 0 Å². The van der Waals surface area contributed by atoms with Crippen LogP contribution in [0.4, 0.5) is 5.69 Å². The van der Waals surface area contributed by atoms with Crippen LogP contribution >= 0.6 is 0 Å². The second-order valence-electron chi connectivity index (χ2n) is 6.31. The molecule has 2 heterocycles. The number of nitrogens with zero attached hydrogens (tertiary/aromatic N) is 2. The lowest BCUT2D eigenvalue weighted by molar-refractivity contribution is 0.221. The van der Waals surface area contributed by atoms with E-state index in [4.69, 9.17) is 0 Å². The molecule has 1 aromatic rings. The smallest absolute Gasteiger partial charge is 0.0363 e. The summed E-state index contributed by atoms with van der Waals surface area (Å²) < 4.78 is 0. The maximum absolute atomic E-state index is 3.80. The van der Waals surface area contributed by atoms with Gasteiger partial charge < -0.3 is 15.1 Å². The van der Waals surface area contributed by atoms with Crippen LogP contribution in [0.25, 0.3) is 0 Å². The lowest BCUT2D eigenvalue weighted by Gasteiger charge is -2.31. The Balaban J connectivity index is 1.36. The van der Waals surface area contributed by atoms with Gasteiger partial charge in [-0.25, -0.2) is 0 Å². The van der Waals surface area contributed by atoms with Crippen molar-refractivity contribution in [2.45, 2.75) is 25.3 Å². The van der Waals surface area contributed by atoms with Gasteiger partial charge >= 0.3 is 0 Å². The zero-order valence-electron chi connectivity index (χ0n) is 12.6. The minimum atomic E-state index is 0.774. The van der Waals surface area contributed by atoms with Crippen LogP contribution in [0.5, 0.6) is 0 Å². The van der Waals surface area contributed by atoms with Crippen LogP contribution in [-0.2, 0) is 0 Å². The van der Waals surface area contributed by atoms with E-state index in [0.717, 1.165) is 25.0 Å². The Labute approximate surface area is 123 Å². The number of hydrogen-bond donors (Lipinski definition) is 1. The first-order valence-electron chi connectivity index (χ1n) is 8.05. The first-order chi connectivity index (χ1) is 9.83. The fourth-order valence-electron chi connectivity index (χ4n) is 3.64. The summed E-state index contributed by atoms with van der Waals surface area (Å²) in [5.41, 5.74) is 1.32. The Hall–Kier alpha value is -1.06. The van der Waals surface area contributed by atoms with Crippen LogP contribution in [0.15, 0.2) is 30.3 Å². The summed E-state index contributed by atoms with van der Waals surface area (Å²) in [6.45, 7) is 6.25. The third kappa shape index (κ3) is 3.33. The SMILES string of the molecule is CN(CCCNC1CCN2CCC1C2)c1ccccc1. The zero-order chi connectivity index (χ0) is 13.8. The number of fused-ring (bicyclic) bond motifs is 2.